The molecule has 0 aliphatic heterocycles. The van der Waals surface area contributed by atoms with Gasteiger partial charge < -0.3 is 16.0 Å². The van der Waals surface area contributed by atoms with E-state index >= 15 is 0 Å². The lowest BCUT2D eigenvalue weighted by atomic mass is 9.96. The summed E-state index contributed by atoms with van der Waals surface area (Å²) < 4.78 is 0. The highest BCUT2D eigenvalue weighted by Gasteiger charge is 2.21. The summed E-state index contributed by atoms with van der Waals surface area (Å²) >= 11 is 5.14. The highest BCUT2D eigenvalue weighted by atomic mass is 32.1. The molecule has 2 aromatic carbocycles. The third-order valence-corrected chi connectivity index (χ3v) is 3.55. The largest absolute Gasteiger partial charge is 0.332 e. The highest BCUT2D eigenvalue weighted by molar-refractivity contribution is 7.80. The molecule has 0 saturated carbocycles. The second kappa shape index (κ2) is 7.90. The molecule has 6 heteroatoms. The number of amides is 2. The van der Waals surface area contributed by atoms with Crippen LogP contribution in [0.5, 0.6) is 0 Å². The summed E-state index contributed by atoms with van der Waals surface area (Å²) in [4.78, 5) is 24.0. The minimum atomic E-state index is -0.517. The van der Waals surface area contributed by atoms with Crippen molar-refractivity contribution in [3.05, 3.63) is 60.2 Å². The second-order valence-corrected chi connectivity index (χ2v) is 6.96. The number of thiocarbonyl (C=S) groups is 1. The van der Waals surface area contributed by atoms with Crippen molar-refractivity contribution in [2.24, 2.45) is 5.41 Å². The summed E-state index contributed by atoms with van der Waals surface area (Å²) in [5.41, 5.74) is 1.47. The Kier molecular flexibility index (Phi) is 5.88. The minimum Gasteiger partial charge on any atom is -0.332 e. The number of rotatable bonds is 3. The summed E-state index contributed by atoms with van der Waals surface area (Å²) in [5.74, 6) is -0.328. The van der Waals surface area contributed by atoms with E-state index in [1.165, 1.54) is 0 Å². The summed E-state index contributed by atoms with van der Waals surface area (Å²) in [6.07, 6.45) is 0. The maximum Gasteiger partial charge on any atom is 0.255 e. The van der Waals surface area contributed by atoms with Crippen LogP contribution in [0.1, 0.15) is 31.1 Å². The van der Waals surface area contributed by atoms with Crippen LogP contribution in [0.25, 0.3) is 0 Å². The molecule has 0 saturated heterocycles. The van der Waals surface area contributed by atoms with Crippen LogP contribution < -0.4 is 16.0 Å². The van der Waals surface area contributed by atoms with Crippen molar-refractivity contribution >= 4 is 40.5 Å². The second-order valence-electron chi connectivity index (χ2n) is 6.56. The van der Waals surface area contributed by atoms with Gasteiger partial charge in [-0.1, -0.05) is 39.0 Å². The zero-order chi connectivity index (χ0) is 18.4. The van der Waals surface area contributed by atoms with E-state index in [0.717, 1.165) is 5.69 Å². The first kappa shape index (κ1) is 18.6. The van der Waals surface area contributed by atoms with Crippen molar-refractivity contribution in [1.82, 2.24) is 5.32 Å². The number of nitrogens with one attached hydrogen (secondary N) is 3. The normalized spacial score (nSPS) is 10.7. The van der Waals surface area contributed by atoms with Crippen molar-refractivity contribution in [1.29, 1.82) is 0 Å². The first-order valence-corrected chi connectivity index (χ1v) is 8.25. The van der Waals surface area contributed by atoms with Gasteiger partial charge in [-0.05, 0) is 48.6 Å². The lowest BCUT2D eigenvalue weighted by Crippen LogP contribution is -2.41. The van der Waals surface area contributed by atoms with E-state index in [1.54, 1.807) is 36.4 Å². The molecule has 25 heavy (non-hydrogen) atoms. The zero-order valence-corrected chi connectivity index (χ0v) is 15.2. The SMILES string of the molecule is CC(C)(C)C(=O)NC(=S)Nc1ccc(NC(=O)c2ccccc2)cc1. The number of carbonyl (C=O) groups is 2. The first-order valence-electron chi connectivity index (χ1n) is 7.84. The van der Waals surface area contributed by atoms with Gasteiger partial charge in [0, 0.05) is 22.4 Å². The Morgan fingerprint density at radius 2 is 1.36 bits per heavy atom. The number of anilines is 2. The molecule has 2 rings (SSSR count). The van der Waals surface area contributed by atoms with E-state index < -0.39 is 5.41 Å². The van der Waals surface area contributed by atoms with Gasteiger partial charge in [-0.15, -0.1) is 0 Å². The minimum absolute atomic E-state index is 0.156. The van der Waals surface area contributed by atoms with E-state index in [2.05, 4.69) is 16.0 Å². The quantitative estimate of drug-likeness (QED) is 0.733. The van der Waals surface area contributed by atoms with Gasteiger partial charge in [0.2, 0.25) is 5.91 Å². The molecule has 0 aromatic heterocycles. The van der Waals surface area contributed by atoms with E-state index in [9.17, 15) is 9.59 Å². The highest BCUT2D eigenvalue weighted by Crippen LogP contribution is 2.16. The van der Waals surface area contributed by atoms with Crippen molar-refractivity contribution in [3.63, 3.8) is 0 Å². The van der Waals surface area contributed by atoms with Gasteiger partial charge in [-0.3, -0.25) is 9.59 Å². The molecule has 0 aliphatic carbocycles. The van der Waals surface area contributed by atoms with Gasteiger partial charge in [-0.2, -0.15) is 0 Å². The fourth-order valence-corrected chi connectivity index (χ4v) is 2.09. The fourth-order valence-electron chi connectivity index (χ4n) is 1.88. The molecule has 3 N–H and O–H groups in total. The molecule has 5 nitrogen and oxygen atoms in total. The molecule has 2 amide bonds. The Hall–Kier alpha value is -2.73. The Balaban J connectivity index is 1.93. The molecule has 0 heterocycles. The van der Waals surface area contributed by atoms with Gasteiger partial charge in [0.15, 0.2) is 5.11 Å². The van der Waals surface area contributed by atoms with E-state index in [-0.39, 0.29) is 16.9 Å². The van der Waals surface area contributed by atoms with Crippen molar-refractivity contribution in [2.75, 3.05) is 10.6 Å². The van der Waals surface area contributed by atoms with E-state index in [0.29, 0.717) is 11.3 Å². The van der Waals surface area contributed by atoms with Crippen LogP contribution in [0.3, 0.4) is 0 Å². The maximum atomic E-state index is 12.1. The van der Waals surface area contributed by atoms with Crippen LogP contribution in [0.2, 0.25) is 0 Å². The average Bonchev–Trinajstić information content (AvgIpc) is 2.56. The van der Waals surface area contributed by atoms with Crippen LogP contribution in [0.15, 0.2) is 54.6 Å². The summed E-state index contributed by atoms with van der Waals surface area (Å²) in [6, 6.07) is 16.1. The Bertz CT molecular complexity index is 766. The number of benzene rings is 2. The molecule has 0 fully saturated rings. The van der Waals surface area contributed by atoms with Gasteiger partial charge >= 0.3 is 0 Å². The Morgan fingerprint density at radius 3 is 1.88 bits per heavy atom. The third kappa shape index (κ3) is 5.69. The zero-order valence-electron chi connectivity index (χ0n) is 14.4. The molecule has 2 aromatic rings. The predicted molar refractivity (Wildman–Crippen MR) is 105 cm³/mol. The lowest BCUT2D eigenvalue weighted by Gasteiger charge is -2.18. The molecular formula is C19H21N3O2S. The standard InChI is InChI=1S/C19H21N3O2S/c1-19(2,3)17(24)22-18(25)21-15-11-9-14(10-12-15)20-16(23)13-7-5-4-6-8-13/h4-12H,1-3H3,(H,20,23)(H2,21,22,24,25). The molecule has 0 bridgehead atoms. The molecule has 0 radical (unpaired) electrons. The molecule has 0 spiro atoms. The van der Waals surface area contributed by atoms with Crippen LogP contribution in [0.4, 0.5) is 11.4 Å². The Morgan fingerprint density at radius 1 is 0.840 bits per heavy atom. The maximum absolute atomic E-state index is 12.1. The predicted octanol–water partition coefficient (Wildman–Crippen LogP) is 3.80. The topological polar surface area (TPSA) is 70.2 Å². The smallest absolute Gasteiger partial charge is 0.255 e. The molecular weight excluding hydrogens is 334 g/mol. The van der Waals surface area contributed by atoms with Gasteiger partial charge in [0.25, 0.3) is 5.91 Å². The number of carbonyl (C=O) groups excluding carboxylic acids is 2. The first-order chi connectivity index (χ1) is 11.8. The summed E-state index contributed by atoms with van der Waals surface area (Å²) in [6.45, 7) is 5.44. The van der Waals surface area contributed by atoms with Crippen LogP contribution in [-0.2, 0) is 4.79 Å². The number of hydrogen-bond acceptors (Lipinski definition) is 3. The van der Waals surface area contributed by atoms with E-state index in [4.69, 9.17) is 12.2 Å². The van der Waals surface area contributed by atoms with Crippen LogP contribution >= 0.6 is 12.2 Å². The van der Waals surface area contributed by atoms with E-state index in [1.807, 2.05) is 39.0 Å². The van der Waals surface area contributed by atoms with Gasteiger partial charge in [0.1, 0.15) is 0 Å². The molecule has 130 valence electrons. The fraction of sp³-hybridized carbons (Fsp3) is 0.211. The average molecular weight is 355 g/mol. The number of hydrogen-bond donors (Lipinski definition) is 3. The van der Waals surface area contributed by atoms with Crippen molar-refractivity contribution in [3.8, 4) is 0 Å². The summed E-state index contributed by atoms with van der Waals surface area (Å²) in [5, 5.41) is 8.65. The Labute approximate surface area is 152 Å². The van der Waals surface area contributed by atoms with Gasteiger partial charge in [0.05, 0.1) is 0 Å². The van der Waals surface area contributed by atoms with Crippen molar-refractivity contribution < 1.29 is 9.59 Å². The van der Waals surface area contributed by atoms with Crippen molar-refractivity contribution in [2.45, 2.75) is 20.8 Å². The monoisotopic (exact) mass is 355 g/mol. The third-order valence-electron chi connectivity index (χ3n) is 3.34. The molecule has 0 unspecified atom stereocenters. The lowest BCUT2D eigenvalue weighted by molar-refractivity contribution is -0.126. The van der Waals surface area contributed by atoms with Crippen LogP contribution in [0, 0.1) is 5.41 Å². The molecule has 0 atom stereocenters. The molecule has 0 aliphatic rings. The summed E-state index contributed by atoms with van der Waals surface area (Å²) in [7, 11) is 0. The van der Waals surface area contributed by atoms with Crippen LogP contribution in [-0.4, -0.2) is 16.9 Å². The van der Waals surface area contributed by atoms with Gasteiger partial charge in [-0.25, -0.2) is 0 Å².